The van der Waals surface area contributed by atoms with Crippen molar-refractivity contribution < 1.29 is 14.3 Å². The number of amides is 1. The van der Waals surface area contributed by atoms with Crippen LogP contribution in [0.3, 0.4) is 0 Å². The van der Waals surface area contributed by atoms with Crippen molar-refractivity contribution in [3.8, 4) is 22.6 Å². The van der Waals surface area contributed by atoms with E-state index in [-0.39, 0.29) is 12.3 Å². The molecule has 0 radical (unpaired) electrons. The zero-order valence-electron chi connectivity index (χ0n) is 14.9. The number of halogens is 1. The van der Waals surface area contributed by atoms with E-state index in [2.05, 4.69) is 6.07 Å². The molecule has 0 aliphatic heterocycles. The van der Waals surface area contributed by atoms with Crippen molar-refractivity contribution in [1.82, 2.24) is 0 Å². The molecule has 0 fully saturated rings. The molecule has 0 aromatic heterocycles. The molecule has 0 heterocycles. The molecule has 3 rings (SSSR count). The molecule has 0 unspecified atom stereocenters. The van der Waals surface area contributed by atoms with Crippen molar-refractivity contribution in [2.75, 3.05) is 7.11 Å². The minimum absolute atomic E-state index is 0.229. The number of benzene rings is 3. The van der Waals surface area contributed by atoms with Gasteiger partial charge in [0.05, 0.1) is 18.6 Å². The molecule has 1 amide bonds. The zero-order chi connectivity index (χ0) is 19.2. The minimum atomic E-state index is -0.348. The number of hydrogen-bond donors (Lipinski definition) is 1. The molecule has 2 N–H and O–H groups in total. The van der Waals surface area contributed by atoms with Gasteiger partial charge in [-0.25, -0.2) is 0 Å². The van der Waals surface area contributed by atoms with Gasteiger partial charge in [0.2, 0.25) is 5.91 Å². The number of primary amides is 1. The molecule has 3 aromatic carbocycles. The van der Waals surface area contributed by atoms with Crippen LogP contribution in [-0.2, 0) is 17.8 Å². The summed E-state index contributed by atoms with van der Waals surface area (Å²) in [5.74, 6) is 1.04. The Bertz CT molecular complexity index is 939. The van der Waals surface area contributed by atoms with Crippen LogP contribution in [0.4, 0.5) is 0 Å². The monoisotopic (exact) mass is 381 g/mol. The average molecular weight is 382 g/mol. The van der Waals surface area contributed by atoms with Crippen molar-refractivity contribution in [1.29, 1.82) is 0 Å². The molecule has 27 heavy (non-hydrogen) atoms. The molecule has 0 aliphatic carbocycles. The second kappa shape index (κ2) is 8.60. The Hall–Kier alpha value is -2.98. The summed E-state index contributed by atoms with van der Waals surface area (Å²) in [5, 5.41) is 0.577. The lowest BCUT2D eigenvalue weighted by molar-refractivity contribution is -0.117. The minimum Gasteiger partial charge on any atom is -0.495 e. The predicted octanol–water partition coefficient (Wildman–Crippen LogP) is 4.62. The summed E-state index contributed by atoms with van der Waals surface area (Å²) in [6, 6.07) is 21.2. The van der Waals surface area contributed by atoms with Gasteiger partial charge < -0.3 is 15.2 Å². The van der Waals surface area contributed by atoms with Crippen LogP contribution in [-0.4, -0.2) is 13.0 Å². The molecule has 0 spiro atoms. The highest BCUT2D eigenvalue weighted by Crippen LogP contribution is 2.30. The first-order chi connectivity index (χ1) is 13.0. The predicted molar refractivity (Wildman–Crippen MR) is 107 cm³/mol. The Labute approximate surface area is 163 Å². The lowest BCUT2D eigenvalue weighted by atomic mass is 10.0. The van der Waals surface area contributed by atoms with Gasteiger partial charge in [0.1, 0.15) is 18.1 Å². The van der Waals surface area contributed by atoms with Gasteiger partial charge in [-0.3, -0.25) is 4.79 Å². The van der Waals surface area contributed by atoms with Crippen molar-refractivity contribution in [2.45, 2.75) is 13.0 Å². The van der Waals surface area contributed by atoms with E-state index in [0.29, 0.717) is 17.4 Å². The average Bonchev–Trinajstić information content (AvgIpc) is 2.67. The van der Waals surface area contributed by atoms with E-state index in [1.165, 1.54) is 0 Å². The third-order valence-electron chi connectivity index (χ3n) is 4.12. The van der Waals surface area contributed by atoms with Crippen LogP contribution in [0.1, 0.15) is 11.1 Å². The molecular formula is C22H20ClNO3. The van der Waals surface area contributed by atoms with E-state index < -0.39 is 0 Å². The first-order valence-corrected chi connectivity index (χ1v) is 8.86. The van der Waals surface area contributed by atoms with Crippen molar-refractivity contribution in [3.63, 3.8) is 0 Å². The Balaban J connectivity index is 1.69. The van der Waals surface area contributed by atoms with E-state index in [0.717, 1.165) is 28.0 Å². The first kappa shape index (κ1) is 18.8. The van der Waals surface area contributed by atoms with Gasteiger partial charge in [0.15, 0.2) is 0 Å². The number of hydrogen-bond acceptors (Lipinski definition) is 3. The molecule has 0 atom stereocenters. The summed E-state index contributed by atoms with van der Waals surface area (Å²) < 4.78 is 11.0. The number of methoxy groups -OCH3 is 1. The summed E-state index contributed by atoms with van der Waals surface area (Å²) in [5.41, 5.74) is 9.18. The van der Waals surface area contributed by atoms with Gasteiger partial charge >= 0.3 is 0 Å². The SMILES string of the molecule is COc1ccc(-c2cccc(COc3ccc(CC(N)=O)cc3)c2)cc1Cl. The quantitative estimate of drug-likeness (QED) is 0.649. The summed E-state index contributed by atoms with van der Waals surface area (Å²) in [4.78, 5) is 10.9. The highest BCUT2D eigenvalue weighted by atomic mass is 35.5. The van der Waals surface area contributed by atoms with Crippen LogP contribution in [0.15, 0.2) is 66.7 Å². The van der Waals surface area contributed by atoms with Crippen molar-refractivity contribution in [3.05, 3.63) is 82.9 Å². The fourth-order valence-corrected chi connectivity index (χ4v) is 3.02. The highest BCUT2D eigenvalue weighted by molar-refractivity contribution is 6.32. The molecular weight excluding hydrogens is 362 g/mol. The van der Waals surface area contributed by atoms with Crippen LogP contribution in [0.25, 0.3) is 11.1 Å². The van der Waals surface area contributed by atoms with Gasteiger partial charge in [-0.2, -0.15) is 0 Å². The van der Waals surface area contributed by atoms with E-state index in [1.54, 1.807) is 7.11 Å². The van der Waals surface area contributed by atoms with Gasteiger partial charge in [-0.05, 0) is 52.6 Å². The van der Waals surface area contributed by atoms with Crippen molar-refractivity contribution in [2.24, 2.45) is 5.73 Å². The van der Waals surface area contributed by atoms with E-state index >= 15 is 0 Å². The van der Waals surface area contributed by atoms with E-state index in [1.807, 2.05) is 60.7 Å². The van der Waals surface area contributed by atoms with Gasteiger partial charge in [-0.15, -0.1) is 0 Å². The fourth-order valence-electron chi connectivity index (χ4n) is 2.76. The number of nitrogens with two attached hydrogens (primary N) is 1. The van der Waals surface area contributed by atoms with Gasteiger partial charge in [-0.1, -0.05) is 48.0 Å². The van der Waals surface area contributed by atoms with Crippen LogP contribution >= 0.6 is 11.6 Å². The number of carbonyl (C=O) groups is 1. The third-order valence-corrected chi connectivity index (χ3v) is 4.41. The number of rotatable bonds is 7. The van der Waals surface area contributed by atoms with Crippen LogP contribution in [0.5, 0.6) is 11.5 Å². The largest absolute Gasteiger partial charge is 0.495 e. The topological polar surface area (TPSA) is 61.6 Å². The van der Waals surface area contributed by atoms with Gasteiger partial charge in [0, 0.05) is 0 Å². The summed E-state index contributed by atoms with van der Waals surface area (Å²) in [7, 11) is 1.60. The maximum atomic E-state index is 10.9. The van der Waals surface area contributed by atoms with Crippen molar-refractivity contribution >= 4 is 17.5 Å². The molecule has 5 heteroatoms. The summed E-state index contributed by atoms with van der Waals surface area (Å²) in [6.07, 6.45) is 0.229. The Morgan fingerprint density at radius 3 is 2.37 bits per heavy atom. The molecule has 4 nitrogen and oxygen atoms in total. The fraction of sp³-hybridized carbons (Fsp3) is 0.136. The smallest absolute Gasteiger partial charge is 0.221 e. The zero-order valence-corrected chi connectivity index (χ0v) is 15.7. The molecule has 0 aliphatic rings. The lowest BCUT2D eigenvalue weighted by Gasteiger charge is -2.10. The molecule has 0 saturated carbocycles. The Kier molecular flexibility index (Phi) is 5.99. The first-order valence-electron chi connectivity index (χ1n) is 8.48. The maximum Gasteiger partial charge on any atom is 0.221 e. The molecule has 0 saturated heterocycles. The molecule has 138 valence electrons. The summed E-state index contributed by atoms with van der Waals surface area (Å²) >= 11 is 6.23. The summed E-state index contributed by atoms with van der Waals surface area (Å²) in [6.45, 7) is 0.437. The second-order valence-corrected chi connectivity index (χ2v) is 6.53. The molecule has 3 aromatic rings. The van der Waals surface area contributed by atoms with E-state index in [9.17, 15) is 4.79 Å². The standard InChI is InChI=1S/C22H20ClNO3/c1-26-21-10-7-18(13-20(21)23)17-4-2-3-16(11-17)14-27-19-8-5-15(6-9-19)12-22(24)25/h2-11,13H,12,14H2,1H3,(H2,24,25). The normalized spacial score (nSPS) is 10.4. The van der Waals surface area contributed by atoms with Gasteiger partial charge in [0.25, 0.3) is 0 Å². The lowest BCUT2D eigenvalue weighted by Crippen LogP contribution is -2.13. The Morgan fingerprint density at radius 2 is 1.70 bits per heavy atom. The number of ether oxygens (including phenoxy) is 2. The third kappa shape index (κ3) is 5.02. The van der Waals surface area contributed by atoms with Crippen LogP contribution < -0.4 is 15.2 Å². The van der Waals surface area contributed by atoms with Crippen LogP contribution in [0.2, 0.25) is 5.02 Å². The maximum absolute atomic E-state index is 10.9. The second-order valence-electron chi connectivity index (χ2n) is 6.13. The number of carbonyl (C=O) groups excluding carboxylic acids is 1. The van der Waals surface area contributed by atoms with Crippen LogP contribution in [0, 0.1) is 0 Å². The highest BCUT2D eigenvalue weighted by Gasteiger charge is 2.05. The van der Waals surface area contributed by atoms with E-state index in [4.69, 9.17) is 26.8 Å². The Morgan fingerprint density at radius 1 is 0.963 bits per heavy atom. The molecule has 0 bridgehead atoms.